The second-order valence-corrected chi connectivity index (χ2v) is 7.88. The molecular weight excluding hydrogens is 432 g/mol. The van der Waals surface area contributed by atoms with Crippen molar-refractivity contribution in [1.82, 2.24) is 0 Å². The summed E-state index contributed by atoms with van der Waals surface area (Å²) in [5.74, 6) is -3.00. The van der Waals surface area contributed by atoms with E-state index in [1.807, 2.05) is 0 Å². The van der Waals surface area contributed by atoms with Gasteiger partial charge in [-0.2, -0.15) is 0 Å². The van der Waals surface area contributed by atoms with Crippen molar-refractivity contribution in [3.63, 3.8) is 0 Å². The first-order valence-electron chi connectivity index (χ1n) is 9.91. The van der Waals surface area contributed by atoms with Crippen LogP contribution in [0.4, 0.5) is 0 Å². The maximum Gasteiger partial charge on any atom is 0.337 e. The third-order valence-corrected chi connectivity index (χ3v) is 6.09. The largest absolute Gasteiger partial charge is 0.471 e. The molecule has 0 aromatic rings. The number of hydrogen-bond donors (Lipinski definition) is 5. The highest BCUT2D eigenvalue weighted by molar-refractivity contribution is 5.93. The van der Waals surface area contributed by atoms with E-state index in [0.717, 1.165) is 6.26 Å². The van der Waals surface area contributed by atoms with E-state index in [0.29, 0.717) is 0 Å². The van der Waals surface area contributed by atoms with Gasteiger partial charge in [-0.1, -0.05) is 6.08 Å². The molecule has 1 aliphatic carbocycles. The first-order valence-corrected chi connectivity index (χ1v) is 9.91. The standard InChI is InChI=1S/C20H24O12/c1-28-17(27)10-7-29-18(31-19-15(25)14(24)13(23)11(6-22)30-19)12-9(10)2-3-20(12)4-8(5-21)16(26)32-20/h2-4,7,9,11-15,18-19,21-25H,5-6H2,1H3. The maximum absolute atomic E-state index is 12.2. The molecule has 0 aromatic carbocycles. The average Bonchev–Trinajstić information content (AvgIpc) is 3.33. The number of esters is 2. The number of hydrogen-bond acceptors (Lipinski definition) is 12. The topological polar surface area (TPSA) is 181 Å². The van der Waals surface area contributed by atoms with Gasteiger partial charge in [0.05, 0.1) is 43.6 Å². The Morgan fingerprint density at radius 2 is 1.91 bits per heavy atom. The van der Waals surface area contributed by atoms with Gasteiger partial charge in [0.1, 0.15) is 24.4 Å². The van der Waals surface area contributed by atoms with Crippen LogP contribution >= 0.6 is 0 Å². The van der Waals surface area contributed by atoms with Crippen LogP contribution in [-0.4, -0.2) is 100 Å². The number of fused-ring (bicyclic) bond motifs is 2. The molecule has 3 aliphatic heterocycles. The predicted molar refractivity (Wildman–Crippen MR) is 99.9 cm³/mol. The monoisotopic (exact) mass is 456 g/mol. The first-order chi connectivity index (χ1) is 15.3. The van der Waals surface area contributed by atoms with Crippen LogP contribution in [0.3, 0.4) is 0 Å². The summed E-state index contributed by atoms with van der Waals surface area (Å²) in [6, 6.07) is 0. The second kappa shape index (κ2) is 8.56. The lowest BCUT2D eigenvalue weighted by atomic mass is 9.79. The molecule has 0 saturated carbocycles. The zero-order chi connectivity index (χ0) is 23.2. The Morgan fingerprint density at radius 1 is 1.16 bits per heavy atom. The predicted octanol–water partition coefficient (Wildman–Crippen LogP) is -2.77. The number of ether oxygens (including phenoxy) is 5. The Labute approximate surface area is 181 Å². The fourth-order valence-electron chi connectivity index (χ4n) is 4.42. The number of aliphatic hydroxyl groups excluding tert-OH is 5. The maximum atomic E-state index is 12.2. The third-order valence-electron chi connectivity index (χ3n) is 6.09. The van der Waals surface area contributed by atoms with Crippen molar-refractivity contribution < 1.29 is 58.8 Å². The quantitative estimate of drug-likeness (QED) is 0.213. The van der Waals surface area contributed by atoms with Crippen molar-refractivity contribution in [3.8, 4) is 0 Å². The van der Waals surface area contributed by atoms with Gasteiger partial charge in [0.25, 0.3) is 0 Å². The Hall–Kier alpha value is -2.32. The van der Waals surface area contributed by atoms with E-state index in [2.05, 4.69) is 0 Å². The molecule has 1 spiro atoms. The minimum absolute atomic E-state index is 0.0102. The zero-order valence-corrected chi connectivity index (χ0v) is 16.9. The van der Waals surface area contributed by atoms with Gasteiger partial charge in [0.15, 0.2) is 11.9 Å². The summed E-state index contributed by atoms with van der Waals surface area (Å²) in [5, 5.41) is 49.2. The summed E-state index contributed by atoms with van der Waals surface area (Å²) in [7, 11) is 1.20. The molecule has 0 amide bonds. The highest BCUT2D eigenvalue weighted by Gasteiger charge is 2.59. The van der Waals surface area contributed by atoms with Crippen molar-refractivity contribution in [3.05, 3.63) is 35.6 Å². The van der Waals surface area contributed by atoms with Crippen LogP contribution in [0.5, 0.6) is 0 Å². The van der Waals surface area contributed by atoms with E-state index < -0.39 is 79.6 Å². The molecule has 1 fully saturated rings. The average molecular weight is 456 g/mol. The number of carbonyl (C=O) groups is 2. The summed E-state index contributed by atoms with van der Waals surface area (Å²) >= 11 is 0. The first kappa shape index (κ1) is 22.9. The molecule has 4 rings (SSSR count). The summed E-state index contributed by atoms with van der Waals surface area (Å²) < 4.78 is 27.1. The summed E-state index contributed by atoms with van der Waals surface area (Å²) in [4.78, 5) is 24.4. The molecule has 0 radical (unpaired) electrons. The summed E-state index contributed by atoms with van der Waals surface area (Å²) in [6.07, 6.45) is -3.27. The van der Waals surface area contributed by atoms with Gasteiger partial charge in [-0.05, 0) is 12.2 Å². The Morgan fingerprint density at radius 3 is 2.53 bits per heavy atom. The highest BCUT2D eigenvalue weighted by Crippen LogP contribution is 2.50. The molecule has 0 aromatic heterocycles. The molecule has 9 atom stereocenters. The van der Waals surface area contributed by atoms with Gasteiger partial charge >= 0.3 is 11.9 Å². The molecule has 0 bridgehead atoms. The minimum atomic E-state index is -1.69. The third kappa shape index (κ3) is 3.53. The SMILES string of the molecule is COC(=O)C1=COC(OC2OC(CO)C(O)C(O)C2O)C2C1C=CC21C=C(CO)C(=O)O1. The van der Waals surface area contributed by atoms with Crippen LogP contribution in [-0.2, 0) is 33.3 Å². The van der Waals surface area contributed by atoms with Crippen LogP contribution < -0.4 is 0 Å². The van der Waals surface area contributed by atoms with Crippen LogP contribution in [0.15, 0.2) is 35.6 Å². The van der Waals surface area contributed by atoms with Gasteiger partial charge in [-0.3, -0.25) is 0 Å². The zero-order valence-electron chi connectivity index (χ0n) is 16.9. The fourth-order valence-corrected chi connectivity index (χ4v) is 4.42. The van der Waals surface area contributed by atoms with Crippen molar-refractivity contribution in [2.75, 3.05) is 20.3 Å². The van der Waals surface area contributed by atoms with Crippen molar-refractivity contribution in [2.24, 2.45) is 11.8 Å². The van der Waals surface area contributed by atoms with Gasteiger partial charge in [0.2, 0.25) is 6.29 Å². The molecule has 32 heavy (non-hydrogen) atoms. The minimum Gasteiger partial charge on any atom is -0.471 e. The second-order valence-electron chi connectivity index (χ2n) is 7.88. The van der Waals surface area contributed by atoms with E-state index in [9.17, 15) is 35.1 Å². The van der Waals surface area contributed by atoms with Gasteiger partial charge < -0.3 is 49.2 Å². The highest BCUT2D eigenvalue weighted by atomic mass is 16.8. The number of aliphatic hydroxyl groups is 5. The lowest BCUT2D eigenvalue weighted by Gasteiger charge is -2.44. The summed E-state index contributed by atoms with van der Waals surface area (Å²) in [6.45, 7) is -1.22. The molecule has 12 heteroatoms. The molecule has 5 N–H and O–H groups in total. The fraction of sp³-hybridized carbons (Fsp3) is 0.600. The van der Waals surface area contributed by atoms with Crippen LogP contribution in [0.1, 0.15) is 0 Å². The Bertz CT molecular complexity index is 863. The molecule has 9 unspecified atom stereocenters. The van der Waals surface area contributed by atoms with Crippen molar-refractivity contribution in [2.45, 2.75) is 42.6 Å². The van der Waals surface area contributed by atoms with Crippen molar-refractivity contribution >= 4 is 11.9 Å². The van der Waals surface area contributed by atoms with Gasteiger partial charge in [-0.25, -0.2) is 9.59 Å². The molecule has 176 valence electrons. The number of rotatable bonds is 5. The van der Waals surface area contributed by atoms with Gasteiger partial charge in [-0.15, -0.1) is 0 Å². The Kier molecular flexibility index (Phi) is 6.11. The summed E-state index contributed by atoms with van der Waals surface area (Å²) in [5.41, 5.74) is -1.29. The Balaban J connectivity index is 1.66. The number of carbonyl (C=O) groups excluding carboxylic acids is 2. The molecule has 4 aliphatic rings. The van der Waals surface area contributed by atoms with E-state index in [1.165, 1.54) is 19.3 Å². The van der Waals surface area contributed by atoms with Crippen LogP contribution in [0.2, 0.25) is 0 Å². The smallest absolute Gasteiger partial charge is 0.337 e. The van der Waals surface area contributed by atoms with E-state index in [1.54, 1.807) is 6.08 Å². The molecule has 3 heterocycles. The lowest BCUT2D eigenvalue weighted by Crippen LogP contribution is -2.60. The van der Waals surface area contributed by atoms with Crippen LogP contribution in [0.25, 0.3) is 0 Å². The molecular formula is C20H24O12. The van der Waals surface area contributed by atoms with Crippen LogP contribution in [0, 0.1) is 11.8 Å². The number of methoxy groups -OCH3 is 1. The van der Waals surface area contributed by atoms with Gasteiger partial charge in [0, 0.05) is 5.92 Å². The normalized spacial score (nSPS) is 42.8. The van der Waals surface area contributed by atoms with E-state index >= 15 is 0 Å². The molecule has 1 saturated heterocycles. The lowest BCUT2D eigenvalue weighted by molar-refractivity contribution is -0.344. The van der Waals surface area contributed by atoms with E-state index in [4.69, 9.17) is 23.7 Å². The van der Waals surface area contributed by atoms with E-state index in [-0.39, 0.29) is 11.1 Å². The molecule has 12 nitrogen and oxygen atoms in total. The number of allylic oxidation sites excluding steroid dienone is 1. The van der Waals surface area contributed by atoms with Crippen molar-refractivity contribution in [1.29, 1.82) is 0 Å².